The molecule has 0 spiro atoms. The van der Waals surface area contributed by atoms with Gasteiger partial charge in [-0.25, -0.2) is 0 Å². The molecule has 0 radical (unpaired) electrons. The van der Waals surface area contributed by atoms with Crippen molar-refractivity contribution in [2.45, 2.75) is 6.92 Å². The first-order chi connectivity index (χ1) is 8.25. The fraction of sp³-hybridized carbons (Fsp3) is 0.538. The Hall–Kier alpha value is -0.770. The minimum atomic E-state index is 0.746. The summed E-state index contributed by atoms with van der Waals surface area (Å²) in [4.78, 5) is 1.56. The van der Waals surface area contributed by atoms with Crippen molar-refractivity contribution in [2.75, 3.05) is 39.5 Å². The summed E-state index contributed by atoms with van der Waals surface area (Å²) >= 11 is 5.96. The minimum absolute atomic E-state index is 0.746. The molecule has 0 aliphatic carbocycles. The second kappa shape index (κ2) is 6.24. The van der Waals surface area contributed by atoms with Crippen LogP contribution in [0.15, 0.2) is 18.2 Å². The SMILES string of the molecule is Cc1cc(OCC[NH+]2CCOCC2)ccc1Cl. The van der Waals surface area contributed by atoms with Crippen molar-refractivity contribution in [3.05, 3.63) is 28.8 Å². The van der Waals surface area contributed by atoms with Crippen molar-refractivity contribution < 1.29 is 14.4 Å². The van der Waals surface area contributed by atoms with Gasteiger partial charge in [0.05, 0.1) is 13.2 Å². The fourth-order valence-electron chi connectivity index (χ4n) is 1.93. The van der Waals surface area contributed by atoms with Gasteiger partial charge in [-0.2, -0.15) is 0 Å². The van der Waals surface area contributed by atoms with Gasteiger partial charge in [-0.3, -0.25) is 0 Å². The Balaban J connectivity index is 1.75. The van der Waals surface area contributed by atoms with E-state index in [1.54, 1.807) is 4.90 Å². The predicted octanol–water partition coefficient (Wildman–Crippen LogP) is 0.942. The molecule has 94 valence electrons. The molecule has 0 amide bonds. The molecule has 1 aromatic rings. The number of ether oxygens (including phenoxy) is 2. The number of benzene rings is 1. The molecule has 0 bridgehead atoms. The molecular formula is C13H19ClNO2+. The maximum atomic E-state index is 5.96. The largest absolute Gasteiger partial charge is 0.488 e. The molecular weight excluding hydrogens is 238 g/mol. The summed E-state index contributed by atoms with van der Waals surface area (Å²) in [5, 5.41) is 0.788. The van der Waals surface area contributed by atoms with Crippen LogP contribution in [-0.4, -0.2) is 39.5 Å². The Morgan fingerprint density at radius 1 is 1.35 bits per heavy atom. The highest BCUT2D eigenvalue weighted by Crippen LogP contribution is 2.20. The summed E-state index contributed by atoms with van der Waals surface area (Å²) in [6.45, 7) is 7.68. The second-order valence-electron chi connectivity index (χ2n) is 4.37. The van der Waals surface area contributed by atoms with E-state index in [-0.39, 0.29) is 0 Å². The molecule has 4 heteroatoms. The monoisotopic (exact) mass is 256 g/mol. The Labute approximate surface area is 107 Å². The van der Waals surface area contributed by atoms with Gasteiger partial charge < -0.3 is 14.4 Å². The zero-order valence-electron chi connectivity index (χ0n) is 10.2. The van der Waals surface area contributed by atoms with Gasteiger partial charge in [-0.15, -0.1) is 0 Å². The third-order valence-electron chi connectivity index (χ3n) is 3.05. The van der Waals surface area contributed by atoms with E-state index in [0.29, 0.717) is 0 Å². The van der Waals surface area contributed by atoms with E-state index in [9.17, 15) is 0 Å². The number of quaternary nitrogens is 1. The summed E-state index contributed by atoms with van der Waals surface area (Å²) in [5.74, 6) is 0.902. The second-order valence-corrected chi connectivity index (χ2v) is 4.78. The Morgan fingerprint density at radius 3 is 2.82 bits per heavy atom. The van der Waals surface area contributed by atoms with E-state index in [4.69, 9.17) is 21.1 Å². The topological polar surface area (TPSA) is 22.9 Å². The third-order valence-corrected chi connectivity index (χ3v) is 3.48. The number of hydrogen-bond donors (Lipinski definition) is 1. The highest BCUT2D eigenvalue weighted by Gasteiger charge is 2.13. The van der Waals surface area contributed by atoms with Crippen LogP contribution in [0.25, 0.3) is 0 Å². The van der Waals surface area contributed by atoms with Gasteiger partial charge >= 0.3 is 0 Å². The van der Waals surface area contributed by atoms with Gasteiger partial charge in [0.1, 0.15) is 32.0 Å². The molecule has 0 saturated carbocycles. The molecule has 1 aromatic carbocycles. The fourth-order valence-corrected chi connectivity index (χ4v) is 2.05. The number of aryl methyl sites for hydroxylation is 1. The van der Waals surface area contributed by atoms with Crippen molar-refractivity contribution in [1.82, 2.24) is 0 Å². The Morgan fingerprint density at radius 2 is 2.12 bits per heavy atom. The lowest BCUT2D eigenvalue weighted by atomic mass is 10.2. The minimum Gasteiger partial charge on any atom is -0.488 e. The third kappa shape index (κ3) is 3.87. The van der Waals surface area contributed by atoms with E-state index in [1.807, 2.05) is 25.1 Å². The molecule has 1 aliphatic heterocycles. The van der Waals surface area contributed by atoms with Crippen LogP contribution >= 0.6 is 11.6 Å². The number of morpholine rings is 1. The van der Waals surface area contributed by atoms with Crippen molar-refractivity contribution in [3.63, 3.8) is 0 Å². The smallest absolute Gasteiger partial charge is 0.137 e. The van der Waals surface area contributed by atoms with E-state index < -0.39 is 0 Å². The Kier molecular flexibility index (Phi) is 4.66. The number of hydrogen-bond acceptors (Lipinski definition) is 2. The van der Waals surface area contributed by atoms with E-state index in [1.165, 1.54) is 0 Å². The molecule has 1 fully saturated rings. The van der Waals surface area contributed by atoms with E-state index >= 15 is 0 Å². The molecule has 3 nitrogen and oxygen atoms in total. The van der Waals surface area contributed by atoms with E-state index in [2.05, 4.69) is 0 Å². The van der Waals surface area contributed by atoms with E-state index in [0.717, 1.165) is 55.8 Å². The molecule has 2 rings (SSSR count). The molecule has 0 unspecified atom stereocenters. The van der Waals surface area contributed by atoms with Crippen molar-refractivity contribution in [3.8, 4) is 5.75 Å². The summed E-state index contributed by atoms with van der Waals surface area (Å²) in [6, 6.07) is 5.79. The highest BCUT2D eigenvalue weighted by atomic mass is 35.5. The first-order valence-electron chi connectivity index (χ1n) is 6.06. The molecule has 0 atom stereocenters. The summed E-state index contributed by atoms with van der Waals surface area (Å²) < 4.78 is 11.0. The standard InChI is InChI=1S/C13H18ClNO2/c1-11-10-12(2-3-13(11)14)17-9-6-15-4-7-16-8-5-15/h2-3,10H,4-9H2,1H3/p+1. The van der Waals surface area contributed by atoms with Crippen molar-refractivity contribution in [2.24, 2.45) is 0 Å². The van der Waals surface area contributed by atoms with Crippen LogP contribution in [0.3, 0.4) is 0 Å². The lowest BCUT2D eigenvalue weighted by Gasteiger charge is -2.23. The van der Waals surface area contributed by atoms with Gasteiger partial charge in [0, 0.05) is 5.02 Å². The van der Waals surface area contributed by atoms with Crippen LogP contribution in [0.4, 0.5) is 0 Å². The molecule has 1 aliphatic rings. The van der Waals surface area contributed by atoms with Crippen LogP contribution in [0, 0.1) is 6.92 Å². The van der Waals surface area contributed by atoms with Gasteiger partial charge in [-0.05, 0) is 30.7 Å². The van der Waals surface area contributed by atoms with Gasteiger partial charge in [0.2, 0.25) is 0 Å². The molecule has 1 heterocycles. The molecule has 0 aromatic heterocycles. The zero-order chi connectivity index (χ0) is 12.1. The van der Waals surface area contributed by atoms with Crippen LogP contribution in [-0.2, 0) is 4.74 Å². The Bertz CT molecular complexity index is 364. The first-order valence-corrected chi connectivity index (χ1v) is 6.44. The lowest BCUT2D eigenvalue weighted by molar-refractivity contribution is -0.908. The molecule has 17 heavy (non-hydrogen) atoms. The van der Waals surface area contributed by atoms with Crippen LogP contribution in [0.1, 0.15) is 5.56 Å². The van der Waals surface area contributed by atoms with Gasteiger partial charge in [0.25, 0.3) is 0 Å². The molecule has 1 saturated heterocycles. The van der Waals surface area contributed by atoms with Crippen molar-refractivity contribution >= 4 is 11.6 Å². The van der Waals surface area contributed by atoms with Gasteiger partial charge in [0.15, 0.2) is 0 Å². The first kappa shape index (κ1) is 12.7. The summed E-state index contributed by atoms with van der Waals surface area (Å²) in [6.07, 6.45) is 0. The average molecular weight is 257 g/mol. The average Bonchev–Trinajstić information content (AvgIpc) is 2.35. The molecule has 1 N–H and O–H groups in total. The lowest BCUT2D eigenvalue weighted by Crippen LogP contribution is -3.14. The maximum Gasteiger partial charge on any atom is 0.137 e. The number of nitrogens with one attached hydrogen (secondary N) is 1. The van der Waals surface area contributed by atoms with Crippen LogP contribution < -0.4 is 9.64 Å². The predicted molar refractivity (Wildman–Crippen MR) is 68.1 cm³/mol. The maximum absolute atomic E-state index is 5.96. The normalized spacial score (nSPS) is 17.1. The number of halogens is 1. The van der Waals surface area contributed by atoms with Crippen molar-refractivity contribution in [1.29, 1.82) is 0 Å². The number of rotatable bonds is 4. The zero-order valence-corrected chi connectivity index (χ0v) is 10.9. The van der Waals surface area contributed by atoms with Gasteiger partial charge in [-0.1, -0.05) is 11.6 Å². The summed E-state index contributed by atoms with van der Waals surface area (Å²) in [5.41, 5.74) is 1.06. The quantitative estimate of drug-likeness (QED) is 0.867. The summed E-state index contributed by atoms with van der Waals surface area (Å²) in [7, 11) is 0. The highest BCUT2D eigenvalue weighted by molar-refractivity contribution is 6.31. The van der Waals surface area contributed by atoms with Crippen LogP contribution in [0.2, 0.25) is 5.02 Å². The van der Waals surface area contributed by atoms with Crippen LogP contribution in [0.5, 0.6) is 5.75 Å².